The first kappa shape index (κ1) is 21.9. The summed E-state index contributed by atoms with van der Waals surface area (Å²) in [5, 5.41) is 10.2. The molecule has 2 aliphatic rings. The van der Waals surface area contributed by atoms with Crippen LogP contribution in [0.1, 0.15) is 32.8 Å². The number of hydrogen-bond acceptors (Lipinski definition) is 7. The summed E-state index contributed by atoms with van der Waals surface area (Å²) in [6, 6.07) is 9.77. The summed E-state index contributed by atoms with van der Waals surface area (Å²) in [6.07, 6.45) is -1.10. The zero-order valence-corrected chi connectivity index (χ0v) is 17.9. The lowest BCUT2D eigenvalue weighted by molar-refractivity contribution is -0.252. The summed E-state index contributed by atoms with van der Waals surface area (Å²) in [5.41, 5.74) is -0.0601. The van der Waals surface area contributed by atoms with E-state index in [4.69, 9.17) is 23.5 Å². The van der Waals surface area contributed by atoms with Gasteiger partial charge in [0.1, 0.15) is 17.8 Å². The van der Waals surface area contributed by atoms with Gasteiger partial charge >= 0.3 is 0 Å². The number of benzene rings is 1. The highest BCUT2D eigenvalue weighted by Gasteiger charge is 2.62. The van der Waals surface area contributed by atoms with Crippen molar-refractivity contribution in [2.75, 3.05) is 26.0 Å². The lowest BCUT2D eigenvalue weighted by Crippen LogP contribution is -2.50. The van der Waals surface area contributed by atoms with Crippen LogP contribution in [0.2, 0.25) is 0 Å². The summed E-state index contributed by atoms with van der Waals surface area (Å²) in [7, 11) is -2.79. The highest BCUT2D eigenvalue weighted by atomic mass is 31.2. The Morgan fingerprint density at radius 2 is 1.89 bits per heavy atom. The Labute approximate surface area is 166 Å². The normalized spacial score (nSPS) is 33.5. The van der Waals surface area contributed by atoms with Crippen LogP contribution in [-0.4, -0.2) is 61.0 Å². The van der Waals surface area contributed by atoms with E-state index in [9.17, 15) is 9.67 Å². The third kappa shape index (κ3) is 4.85. The molecule has 0 aliphatic carbocycles. The average Bonchev–Trinajstić information content (AvgIpc) is 3.08. The first-order valence-electron chi connectivity index (χ1n) is 9.71. The van der Waals surface area contributed by atoms with Gasteiger partial charge in [0.25, 0.3) is 0 Å². The van der Waals surface area contributed by atoms with Crippen molar-refractivity contribution in [1.82, 2.24) is 0 Å². The molecule has 1 aromatic rings. The Morgan fingerprint density at radius 1 is 1.18 bits per heavy atom. The standard InChI is InChI=1S/C20H31O7P/c1-5-24-28(4,22)12-11-20(14-21)17(23-13-15-9-7-6-8-10-15)16-18(27-20)26-19(2,3)25-16/h6-10,16-18,21H,5,11-14H2,1-4H3/t16-,17?,18-,20-,28?/m0/s1. The van der Waals surface area contributed by atoms with Crippen molar-refractivity contribution in [2.24, 2.45) is 0 Å². The molecule has 0 bridgehead atoms. The molecule has 2 heterocycles. The molecule has 2 unspecified atom stereocenters. The zero-order chi connectivity index (χ0) is 20.4. The van der Waals surface area contributed by atoms with Crippen LogP contribution >= 0.6 is 7.37 Å². The molecule has 1 N–H and O–H groups in total. The number of aliphatic hydroxyl groups excluding tert-OH is 1. The molecule has 2 fully saturated rings. The Balaban J connectivity index is 1.79. The molecular weight excluding hydrogens is 383 g/mol. The SMILES string of the molecule is CCOP(C)(=O)CC[C@@]1(CO)O[C@@H]2OC(C)(C)O[C@H]2C1OCc1ccccc1. The second-order valence-corrected chi connectivity index (χ2v) is 10.7. The van der Waals surface area contributed by atoms with E-state index in [1.807, 2.05) is 51.1 Å². The first-order chi connectivity index (χ1) is 13.2. The Bertz CT molecular complexity index is 695. The molecule has 8 heteroatoms. The highest BCUT2D eigenvalue weighted by Crippen LogP contribution is 2.49. The molecule has 0 radical (unpaired) electrons. The van der Waals surface area contributed by atoms with Crippen molar-refractivity contribution in [3.05, 3.63) is 35.9 Å². The second-order valence-electron chi connectivity index (χ2n) is 7.93. The van der Waals surface area contributed by atoms with Gasteiger partial charge in [0.2, 0.25) is 0 Å². The Hall–Kier alpha value is -0.790. The van der Waals surface area contributed by atoms with Crippen LogP contribution in [-0.2, 0) is 34.6 Å². The van der Waals surface area contributed by atoms with Gasteiger partial charge in [-0.05, 0) is 32.8 Å². The van der Waals surface area contributed by atoms with E-state index in [2.05, 4.69) is 0 Å². The van der Waals surface area contributed by atoms with E-state index >= 15 is 0 Å². The van der Waals surface area contributed by atoms with Crippen molar-refractivity contribution < 1.29 is 33.1 Å². The largest absolute Gasteiger partial charge is 0.393 e. The minimum atomic E-state index is -2.79. The third-order valence-corrected chi connectivity index (χ3v) is 6.98. The van der Waals surface area contributed by atoms with Crippen LogP contribution in [0.15, 0.2) is 30.3 Å². The molecule has 3 rings (SSSR count). The number of ether oxygens (including phenoxy) is 4. The smallest absolute Gasteiger partial charge is 0.200 e. The monoisotopic (exact) mass is 414 g/mol. The summed E-state index contributed by atoms with van der Waals surface area (Å²) in [5.74, 6) is -0.795. The molecule has 0 aromatic heterocycles. The van der Waals surface area contributed by atoms with Gasteiger partial charge in [-0.1, -0.05) is 30.3 Å². The molecular formula is C20H31O7P. The van der Waals surface area contributed by atoms with Gasteiger partial charge < -0.3 is 28.6 Å². The number of rotatable bonds is 9. The van der Waals surface area contributed by atoms with Crippen molar-refractivity contribution in [1.29, 1.82) is 0 Å². The number of hydrogen-bond donors (Lipinski definition) is 1. The van der Waals surface area contributed by atoms with Gasteiger partial charge in [0.05, 0.1) is 19.8 Å². The minimum Gasteiger partial charge on any atom is -0.393 e. The summed E-state index contributed by atoms with van der Waals surface area (Å²) < 4.78 is 42.2. The van der Waals surface area contributed by atoms with Gasteiger partial charge in [-0.3, -0.25) is 4.57 Å². The van der Waals surface area contributed by atoms with Crippen molar-refractivity contribution in [3.8, 4) is 0 Å². The molecule has 1 aromatic carbocycles. The maximum atomic E-state index is 12.6. The molecule has 2 aliphatic heterocycles. The molecule has 158 valence electrons. The van der Waals surface area contributed by atoms with Crippen LogP contribution < -0.4 is 0 Å². The fraction of sp³-hybridized carbons (Fsp3) is 0.700. The highest BCUT2D eigenvalue weighted by molar-refractivity contribution is 7.58. The fourth-order valence-corrected chi connectivity index (χ4v) is 5.26. The first-order valence-corrected chi connectivity index (χ1v) is 12.0. The Morgan fingerprint density at radius 3 is 2.54 bits per heavy atom. The van der Waals surface area contributed by atoms with Crippen molar-refractivity contribution in [3.63, 3.8) is 0 Å². The van der Waals surface area contributed by atoms with Crippen LogP contribution in [0.3, 0.4) is 0 Å². The second kappa shape index (κ2) is 8.52. The zero-order valence-electron chi connectivity index (χ0n) is 17.0. The van der Waals surface area contributed by atoms with E-state index in [1.165, 1.54) is 0 Å². The van der Waals surface area contributed by atoms with E-state index in [0.29, 0.717) is 19.6 Å². The molecule has 2 saturated heterocycles. The maximum Gasteiger partial charge on any atom is 0.200 e. The van der Waals surface area contributed by atoms with E-state index in [-0.39, 0.29) is 12.8 Å². The summed E-state index contributed by atoms with van der Waals surface area (Å²) in [4.78, 5) is 0. The van der Waals surface area contributed by atoms with E-state index in [1.54, 1.807) is 6.66 Å². The molecule has 0 amide bonds. The van der Waals surface area contributed by atoms with Gasteiger partial charge in [-0.25, -0.2) is 0 Å². The van der Waals surface area contributed by atoms with Crippen molar-refractivity contribution in [2.45, 2.75) is 63.7 Å². The van der Waals surface area contributed by atoms with Gasteiger partial charge in [0.15, 0.2) is 19.4 Å². The molecule has 28 heavy (non-hydrogen) atoms. The molecule has 0 saturated carbocycles. The van der Waals surface area contributed by atoms with Crippen LogP contribution in [0.5, 0.6) is 0 Å². The van der Waals surface area contributed by atoms with Crippen LogP contribution in [0.25, 0.3) is 0 Å². The van der Waals surface area contributed by atoms with Gasteiger partial charge in [-0.15, -0.1) is 0 Å². The minimum absolute atomic E-state index is 0.273. The van der Waals surface area contributed by atoms with Gasteiger partial charge in [0, 0.05) is 12.8 Å². The predicted molar refractivity (Wildman–Crippen MR) is 104 cm³/mol. The Kier molecular flexibility index (Phi) is 6.67. The number of fused-ring (bicyclic) bond motifs is 1. The van der Waals surface area contributed by atoms with Crippen LogP contribution in [0, 0.1) is 0 Å². The van der Waals surface area contributed by atoms with Crippen LogP contribution in [0.4, 0.5) is 0 Å². The van der Waals surface area contributed by atoms with E-state index < -0.39 is 37.3 Å². The fourth-order valence-electron chi connectivity index (χ4n) is 3.80. The molecule has 0 spiro atoms. The lowest BCUT2D eigenvalue weighted by atomic mass is 9.93. The lowest BCUT2D eigenvalue weighted by Gasteiger charge is -2.36. The maximum absolute atomic E-state index is 12.6. The average molecular weight is 414 g/mol. The topological polar surface area (TPSA) is 83.5 Å². The van der Waals surface area contributed by atoms with Crippen molar-refractivity contribution >= 4 is 7.37 Å². The summed E-state index contributed by atoms with van der Waals surface area (Å²) >= 11 is 0. The number of aliphatic hydroxyl groups is 1. The van der Waals surface area contributed by atoms with E-state index in [0.717, 1.165) is 5.56 Å². The van der Waals surface area contributed by atoms with Gasteiger partial charge in [-0.2, -0.15) is 0 Å². The molecule has 7 nitrogen and oxygen atoms in total. The quantitative estimate of drug-likeness (QED) is 0.622. The third-order valence-electron chi connectivity index (χ3n) is 5.14. The molecule has 5 atom stereocenters. The predicted octanol–water partition coefficient (Wildman–Crippen LogP) is 3.15. The summed E-state index contributed by atoms with van der Waals surface area (Å²) in [6.45, 7) is 7.48.